The van der Waals surface area contributed by atoms with Crippen LogP contribution in [0.3, 0.4) is 0 Å². The third-order valence-electron chi connectivity index (χ3n) is 4.28. The number of ether oxygens (including phenoxy) is 1. The van der Waals surface area contributed by atoms with Crippen molar-refractivity contribution in [2.24, 2.45) is 5.92 Å². The molecule has 0 spiro atoms. The molecular formula is C16H29N3OS. The number of hydrogen-bond acceptors (Lipinski definition) is 5. The van der Waals surface area contributed by atoms with Gasteiger partial charge in [0.15, 0.2) is 0 Å². The van der Waals surface area contributed by atoms with E-state index < -0.39 is 0 Å². The number of hydrogen-bond donors (Lipinski definition) is 1. The molecule has 1 aromatic heterocycles. The molecule has 0 bridgehead atoms. The molecule has 2 unspecified atom stereocenters. The zero-order chi connectivity index (χ0) is 15.5. The van der Waals surface area contributed by atoms with Crippen molar-refractivity contribution >= 4 is 16.5 Å². The second kappa shape index (κ2) is 7.05. The minimum Gasteiger partial charge on any atom is -0.378 e. The Kier molecular flexibility index (Phi) is 5.60. The first-order valence-corrected chi connectivity index (χ1v) is 8.97. The Bertz CT molecular complexity index is 437. The molecule has 0 amide bonds. The highest BCUT2D eigenvalue weighted by atomic mass is 32.1. The van der Waals surface area contributed by atoms with Gasteiger partial charge in [0.25, 0.3) is 0 Å². The van der Waals surface area contributed by atoms with E-state index in [0.29, 0.717) is 18.1 Å². The number of nitrogens with zero attached hydrogens (tertiary/aromatic N) is 2. The molecule has 1 aromatic rings. The minimum absolute atomic E-state index is 0.0747. The number of rotatable bonds is 5. The second-order valence-electron chi connectivity index (χ2n) is 7.01. The molecular weight excluding hydrogens is 282 g/mol. The standard InChI is InChI=1S/C16H29N3OS/c1-6-11(7-2)13-10-12(8-9-20-13)17-15-19-18-14(21-15)16(3,4)5/h11-13H,6-10H2,1-5H3,(H,17,19). The lowest BCUT2D eigenvalue weighted by Gasteiger charge is -2.34. The molecule has 21 heavy (non-hydrogen) atoms. The molecule has 2 rings (SSSR count). The van der Waals surface area contributed by atoms with E-state index in [9.17, 15) is 0 Å². The minimum atomic E-state index is 0.0747. The summed E-state index contributed by atoms with van der Waals surface area (Å²) in [5.74, 6) is 0.675. The van der Waals surface area contributed by atoms with Crippen LogP contribution in [-0.4, -0.2) is 29.0 Å². The van der Waals surface area contributed by atoms with Crippen molar-refractivity contribution in [3.8, 4) is 0 Å². The molecule has 1 aliphatic heterocycles. The van der Waals surface area contributed by atoms with Gasteiger partial charge in [-0.25, -0.2) is 0 Å². The molecule has 0 saturated carbocycles. The van der Waals surface area contributed by atoms with Crippen LogP contribution in [0.5, 0.6) is 0 Å². The van der Waals surface area contributed by atoms with Gasteiger partial charge in [-0.05, 0) is 18.8 Å². The molecule has 0 aromatic carbocycles. The Morgan fingerprint density at radius 1 is 1.29 bits per heavy atom. The number of nitrogens with one attached hydrogen (secondary N) is 1. The molecule has 1 fully saturated rings. The molecule has 2 atom stereocenters. The summed E-state index contributed by atoms with van der Waals surface area (Å²) in [4.78, 5) is 0. The molecule has 2 heterocycles. The lowest BCUT2D eigenvalue weighted by atomic mass is 9.89. The predicted molar refractivity (Wildman–Crippen MR) is 89.1 cm³/mol. The molecule has 1 aliphatic rings. The quantitative estimate of drug-likeness (QED) is 0.884. The van der Waals surface area contributed by atoms with Gasteiger partial charge in [-0.15, -0.1) is 10.2 Å². The first-order chi connectivity index (χ1) is 9.94. The summed E-state index contributed by atoms with van der Waals surface area (Å²) in [5, 5.41) is 14.2. The first kappa shape index (κ1) is 16.7. The molecule has 0 radical (unpaired) electrons. The van der Waals surface area contributed by atoms with Crippen LogP contribution < -0.4 is 5.32 Å². The maximum atomic E-state index is 5.98. The fraction of sp³-hybridized carbons (Fsp3) is 0.875. The van der Waals surface area contributed by atoms with E-state index in [0.717, 1.165) is 29.6 Å². The average Bonchev–Trinajstić information content (AvgIpc) is 2.89. The summed E-state index contributed by atoms with van der Waals surface area (Å²) < 4.78 is 5.98. The van der Waals surface area contributed by atoms with Crippen molar-refractivity contribution in [2.45, 2.75) is 77.9 Å². The second-order valence-corrected chi connectivity index (χ2v) is 7.99. The Hall–Kier alpha value is -0.680. The summed E-state index contributed by atoms with van der Waals surface area (Å²) in [5.41, 5.74) is 0.0747. The van der Waals surface area contributed by atoms with Crippen LogP contribution in [0.2, 0.25) is 0 Å². The van der Waals surface area contributed by atoms with Crippen molar-refractivity contribution in [3.05, 3.63) is 5.01 Å². The Balaban J connectivity index is 1.95. The van der Waals surface area contributed by atoms with Crippen LogP contribution >= 0.6 is 11.3 Å². The van der Waals surface area contributed by atoms with E-state index in [1.807, 2.05) is 0 Å². The van der Waals surface area contributed by atoms with Crippen LogP contribution in [0.4, 0.5) is 5.13 Å². The summed E-state index contributed by atoms with van der Waals surface area (Å²) in [6.07, 6.45) is 4.92. The van der Waals surface area contributed by atoms with Crippen molar-refractivity contribution in [1.82, 2.24) is 10.2 Å². The molecule has 4 nitrogen and oxygen atoms in total. The maximum absolute atomic E-state index is 5.98. The van der Waals surface area contributed by atoms with Crippen molar-refractivity contribution in [3.63, 3.8) is 0 Å². The van der Waals surface area contributed by atoms with Crippen molar-refractivity contribution in [2.75, 3.05) is 11.9 Å². The highest BCUT2D eigenvalue weighted by molar-refractivity contribution is 7.15. The average molecular weight is 311 g/mol. The lowest BCUT2D eigenvalue weighted by Crippen LogP contribution is -2.37. The third-order valence-corrected chi connectivity index (χ3v) is 5.56. The van der Waals surface area contributed by atoms with Gasteiger partial charge in [-0.3, -0.25) is 0 Å². The van der Waals surface area contributed by atoms with E-state index in [1.165, 1.54) is 12.8 Å². The zero-order valence-corrected chi connectivity index (χ0v) is 14.8. The Labute approximate surface area is 132 Å². The smallest absolute Gasteiger partial charge is 0.205 e. The number of anilines is 1. The monoisotopic (exact) mass is 311 g/mol. The van der Waals surface area contributed by atoms with Crippen molar-refractivity contribution in [1.29, 1.82) is 0 Å². The van der Waals surface area contributed by atoms with Crippen LogP contribution in [0.1, 0.15) is 65.3 Å². The third kappa shape index (κ3) is 4.39. The lowest BCUT2D eigenvalue weighted by molar-refractivity contribution is -0.0271. The Morgan fingerprint density at radius 2 is 2.00 bits per heavy atom. The van der Waals surface area contributed by atoms with Crippen LogP contribution in [0.25, 0.3) is 0 Å². The first-order valence-electron chi connectivity index (χ1n) is 8.16. The summed E-state index contributed by atoms with van der Waals surface area (Å²) >= 11 is 1.68. The van der Waals surface area contributed by atoms with E-state index >= 15 is 0 Å². The molecule has 1 N–H and O–H groups in total. The van der Waals surface area contributed by atoms with Gasteiger partial charge in [0.2, 0.25) is 5.13 Å². The van der Waals surface area contributed by atoms with Gasteiger partial charge in [0.1, 0.15) is 5.01 Å². The molecule has 1 saturated heterocycles. The fourth-order valence-corrected chi connectivity index (χ4v) is 3.74. The predicted octanol–water partition coefficient (Wildman–Crippen LogP) is 4.23. The van der Waals surface area contributed by atoms with E-state index in [1.54, 1.807) is 11.3 Å². The number of aromatic nitrogens is 2. The van der Waals surface area contributed by atoms with Gasteiger partial charge in [0.05, 0.1) is 6.10 Å². The van der Waals surface area contributed by atoms with E-state index in [2.05, 4.69) is 50.1 Å². The van der Waals surface area contributed by atoms with Crippen LogP contribution in [0.15, 0.2) is 0 Å². The summed E-state index contributed by atoms with van der Waals surface area (Å²) in [7, 11) is 0. The summed E-state index contributed by atoms with van der Waals surface area (Å²) in [6, 6.07) is 0.463. The Morgan fingerprint density at radius 3 is 2.57 bits per heavy atom. The van der Waals surface area contributed by atoms with Gasteiger partial charge >= 0.3 is 0 Å². The normalized spacial score (nSPS) is 23.5. The van der Waals surface area contributed by atoms with Crippen LogP contribution in [0, 0.1) is 5.92 Å². The maximum Gasteiger partial charge on any atom is 0.205 e. The zero-order valence-electron chi connectivity index (χ0n) is 14.0. The SMILES string of the molecule is CCC(CC)C1CC(Nc2nnc(C(C)(C)C)s2)CCO1. The van der Waals surface area contributed by atoms with Gasteiger partial charge in [0, 0.05) is 18.1 Å². The van der Waals surface area contributed by atoms with Gasteiger partial charge in [-0.1, -0.05) is 58.8 Å². The van der Waals surface area contributed by atoms with Crippen LogP contribution in [-0.2, 0) is 10.2 Å². The van der Waals surface area contributed by atoms with Gasteiger partial charge < -0.3 is 10.1 Å². The largest absolute Gasteiger partial charge is 0.378 e. The van der Waals surface area contributed by atoms with Crippen molar-refractivity contribution < 1.29 is 4.74 Å². The topological polar surface area (TPSA) is 47.0 Å². The molecule has 0 aliphatic carbocycles. The molecule has 120 valence electrons. The van der Waals surface area contributed by atoms with E-state index in [4.69, 9.17) is 4.74 Å². The van der Waals surface area contributed by atoms with E-state index in [-0.39, 0.29) is 5.41 Å². The highest BCUT2D eigenvalue weighted by Gasteiger charge is 2.28. The summed E-state index contributed by atoms with van der Waals surface area (Å²) in [6.45, 7) is 11.9. The highest BCUT2D eigenvalue weighted by Crippen LogP contribution is 2.30. The van der Waals surface area contributed by atoms with Gasteiger partial charge in [-0.2, -0.15) is 0 Å². The molecule has 5 heteroatoms. The fourth-order valence-electron chi connectivity index (χ4n) is 2.86.